The highest BCUT2D eigenvalue weighted by atomic mass is 16.5. The Labute approximate surface area is 222 Å². The van der Waals surface area contributed by atoms with Gasteiger partial charge in [-0.15, -0.1) is 0 Å². The zero-order valence-electron chi connectivity index (χ0n) is 21.7. The van der Waals surface area contributed by atoms with E-state index in [1.165, 1.54) is 16.2 Å². The van der Waals surface area contributed by atoms with Crippen molar-refractivity contribution in [1.29, 1.82) is 0 Å². The summed E-state index contributed by atoms with van der Waals surface area (Å²) in [5.41, 5.74) is 4.64. The lowest BCUT2D eigenvalue weighted by molar-refractivity contribution is -0.141. The fourth-order valence-electron chi connectivity index (χ4n) is 5.86. The Balaban J connectivity index is 1.27. The smallest absolute Gasteiger partial charge is 0.330 e. The molecular weight excluding hydrogens is 500 g/mol. The van der Waals surface area contributed by atoms with Crippen LogP contribution >= 0.6 is 0 Å². The fraction of sp³-hybridized carbons (Fsp3) is 0.286. The second kappa shape index (κ2) is 8.90. The van der Waals surface area contributed by atoms with Crippen molar-refractivity contribution in [2.75, 3.05) is 17.7 Å². The van der Waals surface area contributed by atoms with Crippen LogP contribution in [-0.4, -0.2) is 44.0 Å². The van der Waals surface area contributed by atoms with Crippen molar-refractivity contribution in [3.63, 3.8) is 0 Å². The molecule has 1 aromatic carbocycles. The van der Waals surface area contributed by atoms with Gasteiger partial charge in [0.25, 0.3) is 0 Å². The van der Waals surface area contributed by atoms with Gasteiger partial charge in [0.2, 0.25) is 11.8 Å². The third-order valence-electron chi connectivity index (χ3n) is 7.56. The van der Waals surface area contributed by atoms with E-state index < -0.39 is 23.0 Å². The number of amides is 2. The first-order valence-electron chi connectivity index (χ1n) is 12.5. The number of anilines is 2. The number of nitrogens with zero attached hydrogens (tertiary/aromatic N) is 4. The molecule has 0 bridgehead atoms. The molecule has 0 saturated heterocycles. The number of methoxy groups -OCH3 is 1. The molecule has 2 amide bonds. The molecular formula is C28H26N6O5. The molecule has 0 saturated carbocycles. The van der Waals surface area contributed by atoms with Gasteiger partial charge in [0, 0.05) is 23.9 Å². The number of carbonyl (C=O) groups is 3. The molecule has 2 aliphatic rings. The van der Waals surface area contributed by atoms with Crippen molar-refractivity contribution in [3.8, 4) is 0 Å². The minimum Gasteiger partial charge on any atom is -0.468 e. The summed E-state index contributed by atoms with van der Waals surface area (Å²) in [6.07, 6.45) is 4.11. The normalized spacial score (nSPS) is 17.3. The maximum Gasteiger partial charge on any atom is 0.330 e. The van der Waals surface area contributed by atoms with Crippen LogP contribution in [0.25, 0.3) is 11.0 Å². The highest BCUT2D eigenvalue weighted by Gasteiger charge is 2.51. The maximum atomic E-state index is 13.3. The summed E-state index contributed by atoms with van der Waals surface area (Å²) >= 11 is 0. The summed E-state index contributed by atoms with van der Waals surface area (Å²) < 4.78 is 7.46. The van der Waals surface area contributed by atoms with Crippen LogP contribution < -0.4 is 16.3 Å². The van der Waals surface area contributed by atoms with Crippen LogP contribution in [0.5, 0.6) is 0 Å². The van der Waals surface area contributed by atoms with E-state index in [9.17, 15) is 19.2 Å². The second-order valence-corrected chi connectivity index (χ2v) is 10.1. The van der Waals surface area contributed by atoms with Crippen molar-refractivity contribution in [3.05, 3.63) is 81.2 Å². The minimum absolute atomic E-state index is 0.104. The number of nitrogens with one attached hydrogen (secondary N) is 2. The third kappa shape index (κ3) is 3.89. The number of esters is 1. The number of ether oxygens (including phenoxy) is 1. The summed E-state index contributed by atoms with van der Waals surface area (Å²) in [4.78, 5) is 60.2. The quantitative estimate of drug-likeness (QED) is 0.380. The molecule has 1 unspecified atom stereocenters. The van der Waals surface area contributed by atoms with Crippen LogP contribution in [0.4, 0.5) is 11.5 Å². The Morgan fingerprint density at radius 3 is 2.72 bits per heavy atom. The van der Waals surface area contributed by atoms with Crippen molar-refractivity contribution in [1.82, 2.24) is 19.1 Å². The van der Waals surface area contributed by atoms with E-state index in [2.05, 4.69) is 20.6 Å². The van der Waals surface area contributed by atoms with Crippen molar-refractivity contribution >= 4 is 40.3 Å². The van der Waals surface area contributed by atoms with Gasteiger partial charge in [-0.05, 0) is 55.2 Å². The molecule has 11 nitrogen and oxygen atoms in total. The van der Waals surface area contributed by atoms with Crippen LogP contribution in [-0.2, 0) is 50.5 Å². The van der Waals surface area contributed by atoms with Gasteiger partial charge in [-0.2, -0.15) is 0 Å². The largest absolute Gasteiger partial charge is 0.468 e. The first-order chi connectivity index (χ1) is 18.7. The summed E-state index contributed by atoms with van der Waals surface area (Å²) in [7, 11) is 1.26. The number of rotatable bonds is 5. The van der Waals surface area contributed by atoms with Crippen molar-refractivity contribution in [2.24, 2.45) is 0 Å². The Bertz CT molecular complexity index is 1770. The fourth-order valence-corrected chi connectivity index (χ4v) is 5.86. The second-order valence-electron chi connectivity index (χ2n) is 10.1. The topological polar surface area (TPSA) is 137 Å². The van der Waals surface area contributed by atoms with E-state index in [0.717, 1.165) is 27.9 Å². The number of hydrogen-bond acceptors (Lipinski definition) is 7. The average molecular weight is 527 g/mol. The highest BCUT2D eigenvalue weighted by Crippen LogP contribution is 2.46. The SMILES string of the molecule is COC(=O)Cn1c(=O)n(CC(=O)Nc2cnc3c(c2)CC2(C3)C(=O)Nc3ncccc32)c2cc(C)cc(C)c21. The summed E-state index contributed by atoms with van der Waals surface area (Å²) in [6.45, 7) is 3.25. The summed E-state index contributed by atoms with van der Waals surface area (Å²) in [6, 6.07) is 9.29. The lowest BCUT2D eigenvalue weighted by atomic mass is 9.80. The van der Waals surface area contributed by atoms with Gasteiger partial charge < -0.3 is 15.4 Å². The molecule has 1 spiro atoms. The standard InChI is InChI=1S/C28H26N6O5/c1-15-7-16(2)24-21(8-15)33(27(38)34(24)14-23(36)39-3)13-22(35)31-18-9-17-10-28(11-20(17)30-12-18)19-5-4-6-29-25(19)32-26(28)37/h4-9,12H,10-11,13-14H2,1-3H3,(H,31,35)(H,29,32,37). The molecule has 4 aromatic rings. The monoisotopic (exact) mass is 526 g/mol. The molecule has 4 heterocycles. The van der Waals surface area contributed by atoms with Gasteiger partial charge in [-0.3, -0.25) is 28.5 Å². The predicted molar refractivity (Wildman–Crippen MR) is 143 cm³/mol. The van der Waals surface area contributed by atoms with Crippen LogP contribution in [0.2, 0.25) is 0 Å². The zero-order chi connectivity index (χ0) is 27.5. The van der Waals surface area contributed by atoms with Gasteiger partial charge in [0.15, 0.2) is 0 Å². The lowest BCUT2D eigenvalue weighted by Crippen LogP contribution is -2.35. The number of aryl methyl sites for hydroxylation is 2. The van der Waals surface area contributed by atoms with Gasteiger partial charge in [0.05, 0.1) is 35.4 Å². The zero-order valence-corrected chi connectivity index (χ0v) is 21.7. The Kier molecular flexibility index (Phi) is 5.60. The van der Waals surface area contributed by atoms with Crippen molar-refractivity contribution < 1.29 is 19.1 Å². The van der Waals surface area contributed by atoms with Gasteiger partial charge in [0.1, 0.15) is 18.9 Å². The Morgan fingerprint density at radius 2 is 1.92 bits per heavy atom. The molecule has 1 atom stereocenters. The molecule has 198 valence electrons. The van der Waals surface area contributed by atoms with Crippen LogP contribution in [0, 0.1) is 13.8 Å². The van der Waals surface area contributed by atoms with Crippen LogP contribution in [0.3, 0.4) is 0 Å². The first-order valence-corrected chi connectivity index (χ1v) is 12.5. The molecule has 0 fully saturated rings. The Hall–Kier alpha value is -4.80. The number of benzene rings is 1. The number of imidazole rings is 1. The summed E-state index contributed by atoms with van der Waals surface area (Å²) in [5, 5.41) is 5.71. The van der Waals surface area contributed by atoms with E-state index in [0.29, 0.717) is 35.4 Å². The number of carbonyl (C=O) groups excluding carboxylic acids is 3. The third-order valence-corrected chi connectivity index (χ3v) is 7.56. The lowest BCUT2D eigenvalue weighted by Gasteiger charge is -2.19. The molecule has 1 aliphatic carbocycles. The molecule has 0 radical (unpaired) electrons. The first kappa shape index (κ1) is 24.5. The Morgan fingerprint density at radius 1 is 1.10 bits per heavy atom. The van der Waals surface area contributed by atoms with E-state index >= 15 is 0 Å². The number of aromatic nitrogens is 4. The number of fused-ring (bicyclic) bond motifs is 4. The van der Waals surface area contributed by atoms with Gasteiger partial charge in [-0.1, -0.05) is 12.1 Å². The van der Waals surface area contributed by atoms with Crippen molar-refractivity contribution in [2.45, 2.75) is 45.2 Å². The number of hydrogen-bond donors (Lipinski definition) is 2. The molecule has 3 aromatic heterocycles. The van der Waals surface area contributed by atoms with Crippen LogP contribution in [0.1, 0.15) is 27.9 Å². The van der Waals surface area contributed by atoms with E-state index in [-0.39, 0.29) is 19.0 Å². The summed E-state index contributed by atoms with van der Waals surface area (Å²) in [5.74, 6) is -0.507. The molecule has 6 rings (SSSR count). The molecule has 39 heavy (non-hydrogen) atoms. The van der Waals surface area contributed by atoms with Crippen LogP contribution in [0.15, 0.2) is 47.5 Å². The maximum absolute atomic E-state index is 13.3. The van der Waals surface area contributed by atoms with E-state index in [1.54, 1.807) is 12.4 Å². The van der Waals surface area contributed by atoms with Gasteiger partial charge in [-0.25, -0.2) is 9.78 Å². The molecule has 1 aliphatic heterocycles. The molecule has 11 heteroatoms. The molecule has 2 N–H and O–H groups in total. The predicted octanol–water partition coefficient (Wildman–Crippen LogP) is 2.01. The highest BCUT2D eigenvalue weighted by molar-refractivity contribution is 6.06. The minimum atomic E-state index is -0.758. The van der Waals surface area contributed by atoms with Gasteiger partial charge >= 0.3 is 11.7 Å². The van der Waals surface area contributed by atoms with E-state index in [1.807, 2.05) is 44.2 Å². The van der Waals surface area contributed by atoms with E-state index in [4.69, 9.17) is 4.74 Å². The number of pyridine rings is 2. The average Bonchev–Trinajstić information content (AvgIpc) is 3.50.